The predicted molar refractivity (Wildman–Crippen MR) is 77.1 cm³/mol. The minimum atomic E-state index is -0.303. The molecule has 0 atom stereocenters. The largest absolute Gasteiger partial charge is 0.303 e. The molecule has 2 nitrogen and oxygen atoms in total. The van der Waals surface area contributed by atoms with Gasteiger partial charge in [0, 0.05) is 17.5 Å². The maximum absolute atomic E-state index is 13.3. The Kier molecular flexibility index (Phi) is 3.41. The van der Waals surface area contributed by atoms with Gasteiger partial charge in [-0.05, 0) is 56.0 Å². The average Bonchev–Trinajstić information content (AvgIpc) is 2.66. The molecule has 0 bridgehead atoms. The highest BCUT2D eigenvalue weighted by Crippen LogP contribution is 2.44. The second kappa shape index (κ2) is 4.96. The molecule has 1 aromatic carbocycles. The minimum absolute atomic E-state index is 0.170. The Hall–Kier alpha value is -1.22. The van der Waals surface area contributed by atoms with Crippen molar-refractivity contribution in [3.05, 3.63) is 41.1 Å². The van der Waals surface area contributed by atoms with E-state index in [0.29, 0.717) is 5.56 Å². The van der Waals surface area contributed by atoms with E-state index in [0.717, 1.165) is 44.5 Å². The monoisotopic (exact) mass is 274 g/mol. The zero-order valence-corrected chi connectivity index (χ0v) is 12.2. The van der Waals surface area contributed by atoms with Crippen LogP contribution in [0.4, 0.5) is 4.39 Å². The van der Waals surface area contributed by atoms with Crippen LogP contribution in [0.5, 0.6) is 0 Å². The van der Waals surface area contributed by atoms with Crippen LogP contribution in [-0.2, 0) is 6.42 Å². The molecule has 1 fully saturated rings. The number of nitrogens with zero attached hydrogens (tertiary/aromatic N) is 1. The molecule has 20 heavy (non-hydrogen) atoms. The number of rotatable bonds is 2. The number of carbonyl (C=O) groups is 1. The molecule has 2 aliphatic rings. The fraction of sp³-hybridized carbons (Fsp3) is 0.529. The van der Waals surface area contributed by atoms with Gasteiger partial charge in [-0.2, -0.15) is 0 Å². The number of hydrogen-bond acceptors (Lipinski definition) is 2. The van der Waals surface area contributed by atoms with Gasteiger partial charge in [0.15, 0.2) is 5.78 Å². The van der Waals surface area contributed by atoms with Crippen molar-refractivity contribution in [3.8, 4) is 0 Å². The lowest BCUT2D eigenvalue weighted by Crippen LogP contribution is -2.44. The van der Waals surface area contributed by atoms with Crippen LogP contribution in [0.3, 0.4) is 0 Å². The molecule has 1 saturated heterocycles. The fourth-order valence-corrected chi connectivity index (χ4v) is 3.63. The summed E-state index contributed by atoms with van der Waals surface area (Å²) in [7, 11) is 0. The maximum atomic E-state index is 13.3. The summed E-state index contributed by atoms with van der Waals surface area (Å²) in [6.45, 7) is 7.24. The number of halogens is 1. The first-order chi connectivity index (χ1) is 9.50. The Bertz CT molecular complexity index is 530. The Balaban J connectivity index is 1.76. The normalized spacial score (nSPS) is 21.7. The van der Waals surface area contributed by atoms with Crippen molar-refractivity contribution in [2.45, 2.75) is 33.1 Å². The number of carbonyl (C=O) groups excluding carboxylic acids is 1. The highest BCUT2D eigenvalue weighted by atomic mass is 19.1. The van der Waals surface area contributed by atoms with Gasteiger partial charge in [-0.3, -0.25) is 4.79 Å². The van der Waals surface area contributed by atoms with Gasteiger partial charge in [-0.15, -0.1) is 0 Å². The Morgan fingerprint density at radius 2 is 2.00 bits per heavy atom. The third-order valence-electron chi connectivity index (χ3n) is 4.68. The van der Waals surface area contributed by atoms with Crippen LogP contribution in [-0.4, -0.2) is 30.3 Å². The van der Waals surface area contributed by atoms with Gasteiger partial charge >= 0.3 is 0 Å². The first-order valence-electron chi connectivity index (χ1n) is 7.35. The highest BCUT2D eigenvalue weighted by Gasteiger charge is 2.46. The van der Waals surface area contributed by atoms with E-state index in [1.165, 1.54) is 18.1 Å². The summed E-state index contributed by atoms with van der Waals surface area (Å²) in [6.07, 6.45) is 2.59. The van der Waals surface area contributed by atoms with Crippen LogP contribution in [0.25, 0.3) is 0 Å². The lowest BCUT2D eigenvalue weighted by Gasteiger charge is -2.38. The van der Waals surface area contributed by atoms with Crippen LogP contribution in [0.1, 0.15) is 42.6 Å². The van der Waals surface area contributed by atoms with Gasteiger partial charge < -0.3 is 4.90 Å². The topological polar surface area (TPSA) is 20.3 Å². The molecule has 1 spiro atoms. The predicted octanol–water partition coefficient (Wildman–Crippen LogP) is 3.26. The van der Waals surface area contributed by atoms with Gasteiger partial charge in [0.25, 0.3) is 0 Å². The Morgan fingerprint density at radius 3 is 2.65 bits per heavy atom. The molecule has 0 saturated carbocycles. The third-order valence-corrected chi connectivity index (χ3v) is 4.68. The van der Waals surface area contributed by atoms with Crippen molar-refractivity contribution in [1.82, 2.24) is 4.90 Å². The summed E-state index contributed by atoms with van der Waals surface area (Å²) < 4.78 is 13.3. The molecule has 1 heterocycles. The Morgan fingerprint density at radius 1 is 1.30 bits per heavy atom. The average molecular weight is 274 g/mol. The molecule has 3 heteroatoms. The molecule has 0 aromatic heterocycles. The van der Waals surface area contributed by atoms with E-state index in [1.54, 1.807) is 6.07 Å². The summed E-state index contributed by atoms with van der Waals surface area (Å²) in [5.74, 6) is 1.27. The molecule has 0 amide bonds. The molecule has 107 valence electrons. The standard InChI is InChI=1S/C17H21FNO/c1-12(2)11-19-7-5-17(6-8-19)10-13-3-4-14(18)9-15(13)16(17)20/h3-4,9H,5-8,10-11H2,1-2H3. The smallest absolute Gasteiger partial charge is 0.169 e. The van der Waals surface area contributed by atoms with Gasteiger partial charge in [0.2, 0.25) is 0 Å². The van der Waals surface area contributed by atoms with Crippen LogP contribution in [0.15, 0.2) is 18.2 Å². The summed E-state index contributed by atoms with van der Waals surface area (Å²) >= 11 is 0. The Labute approximate surface area is 120 Å². The van der Waals surface area contributed by atoms with Gasteiger partial charge in [-0.25, -0.2) is 4.39 Å². The molecule has 1 aromatic rings. The first-order valence-corrected chi connectivity index (χ1v) is 7.35. The molecule has 1 radical (unpaired) electrons. The van der Waals surface area contributed by atoms with E-state index in [-0.39, 0.29) is 17.0 Å². The number of Topliss-reactive ketones (excluding diaryl/α,β-unsaturated/α-hetero) is 1. The van der Waals surface area contributed by atoms with Crippen LogP contribution in [0.2, 0.25) is 0 Å². The lowest BCUT2D eigenvalue weighted by molar-refractivity contribution is 0.0642. The van der Waals surface area contributed by atoms with Gasteiger partial charge in [0.05, 0.1) is 0 Å². The van der Waals surface area contributed by atoms with Crippen molar-refractivity contribution in [2.24, 2.45) is 5.41 Å². The maximum Gasteiger partial charge on any atom is 0.169 e. The minimum Gasteiger partial charge on any atom is -0.303 e. The van der Waals surface area contributed by atoms with Crippen molar-refractivity contribution in [2.75, 3.05) is 19.6 Å². The third kappa shape index (κ3) is 2.28. The summed E-state index contributed by atoms with van der Waals surface area (Å²) in [5.41, 5.74) is 1.40. The van der Waals surface area contributed by atoms with E-state index < -0.39 is 0 Å². The van der Waals surface area contributed by atoms with E-state index in [1.807, 2.05) is 0 Å². The number of benzene rings is 1. The summed E-state index contributed by atoms with van der Waals surface area (Å²) in [5, 5.41) is 0. The second-order valence-corrected chi connectivity index (χ2v) is 6.57. The van der Waals surface area contributed by atoms with E-state index in [2.05, 4.69) is 18.7 Å². The van der Waals surface area contributed by atoms with Crippen molar-refractivity contribution >= 4 is 5.78 Å². The van der Waals surface area contributed by atoms with E-state index in [9.17, 15) is 9.18 Å². The zero-order chi connectivity index (χ0) is 14.3. The number of hydrogen-bond donors (Lipinski definition) is 0. The van der Waals surface area contributed by atoms with E-state index in [4.69, 9.17) is 0 Å². The van der Waals surface area contributed by atoms with Gasteiger partial charge in [-0.1, -0.05) is 19.9 Å². The molecular weight excluding hydrogens is 253 g/mol. The molecule has 0 N–H and O–H groups in total. The first kappa shape index (κ1) is 13.7. The zero-order valence-electron chi connectivity index (χ0n) is 12.2. The van der Waals surface area contributed by atoms with Crippen LogP contribution in [0, 0.1) is 17.2 Å². The summed E-state index contributed by atoms with van der Waals surface area (Å²) in [6, 6.07) is 4.67. The quantitative estimate of drug-likeness (QED) is 0.825. The SMILES string of the molecule is C[C](C)CN1CCC2(CC1)Cc1ccc(F)cc1C2=O. The van der Waals surface area contributed by atoms with Crippen molar-refractivity contribution < 1.29 is 9.18 Å². The molecule has 1 aliphatic heterocycles. The molecule has 3 rings (SSSR count). The van der Waals surface area contributed by atoms with Crippen LogP contribution < -0.4 is 0 Å². The second-order valence-electron chi connectivity index (χ2n) is 6.57. The number of piperidine rings is 1. The van der Waals surface area contributed by atoms with Crippen molar-refractivity contribution in [3.63, 3.8) is 0 Å². The molecule has 1 aliphatic carbocycles. The van der Waals surface area contributed by atoms with Crippen molar-refractivity contribution in [1.29, 1.82) is 0 Å². The molecular formula is C17H21FNO. The highest BCUT2D eigenvalue weighted by molar-refractivity contribution is 6.05. The lowest BCUT2D eigenvalue weighted by atomic mass is 9.75. The van der Waals surface area contributed by atoms with Gasteiger partial charge in [0.1, 0.15) is 5.82 Å². The van der Waals surface area contributed by atoms with E-state index >= 15 is 0 Å². The number of fused-ring (bicyclic) bond motifs is 1. The summed E-state index contributed by atoms with van der Waals surface area (Å²) in [4.78, 5) is 15.1. The number of ketones is 1. The fourth-order valence-electron chi connectivity index (χ4n) is 3.63. The number of likely N-dealkylation sites (tertiary alicyclic amines) is 1. The van der Waals surface area contributed by atoms with Crippen LogP contribution >= 0.6 is 0 Å². The molecule has 0 unspecified atom stereocenters.